The van der Waals surface area contributed by atoms with Gasteiger partial charge in [-0.25, -0.2) is 4.79 Å². The first-order valence-corrected chi connectivity index (χ1v) is 7.53. The van der Waals surface area contributed by atoms with Crippen LogP contribution in [0.15, 0.2) is 4.99 Å². The third-order valence-electron chi connectivity index (χ3n) is 3.60. The fourth-order valence-corrected chi connectivity index (χ4v) is 2.80. The van der Waals surface area contributed by atoms with Crippen molar-refractivity contribution in [3.63, 3.8) is 0 Å². The quantitative estimate of drug-likeness (QED) is 0.368. The number of nitrogens with one attached hydrogen (secondary N) is 1. The normalized spacial score (nSPS) is 21.2. The average Bonchev–Trinajstić information content (AvgIpc) is 2.80. The minimum absolute atomic E-state index is 0.0568. The molecule has 1 aliphatic carbocycles. The van der Waals surface area contributed by atoms with Gasteiger partial charge in [-0.15, -0.1) is 0 Å². The van der Waals surface area contributed by atoms with E-state index in [4.69, 9.17) is 26.5 Å². The molecule has 1 fully saturated rings. The van der Waals surface area contributed by atoms with Gasteiger partial charge in [-0.05, 0) is 31.6 Å². The number of carboxylic acid groups (broad SMARTS) is 2. The summed E-state index contributed by atoms with van der Waals surface area (Å²) < 4.78 is 0. The standard InChI is InChI=1S/C13H26N4O.CH2O3/c1-3-4-5-12(16-9(2)18)10-6-7-11(8-10)17-13(14)15;2-1(3)4/h10-12H,3-8H2,1-2H3,(H,16,18)(H4,14,15,17);(H2,2,3,4)/t10?,11-,12?;/m1./s1. The lowest BCUT2D eigenvalue weighted by Crippen LogP contribution is -2.38. The van der Waals surface area contributed by atoms with Crippen molar-refractivity contribution in [3.8, 4) is 0 Å². The van der Waals surface area contributed by atoms with E-state index >= 15 is 0 Å². The molecule has 0 aromatic carbocycles. The Morgan fingerprint density at radius 3 is 2.36 bits per heavy atom. The summed E-state index contributed by atoms with van der Waals surface area (Å²) in [5, 5.41) is 17.0. The molecule has 0 bridgehead atoms. The third kappa shape index (κ3) is 9.84. The number of hydrogen-bond acceptors (Lipinski definition) is 3. The van der Waals surface area contributed by atoms with Crippen LogP contribution in [0.4, 0.5) is 4.79 Å². The predicted octanol–water partition coefficient (Wildman–Crippen LogP) is 1.35. The summed E-state index contributed by atoms with van der Waals surface area (Å²) in [5.74, 6) is 0.736. The van der Waals surface area contributed by atoms with Crippen molar-refractivity contribution in [2.45, 2.75) is 64.5 Å². The number of rotatable bonds is 6. The fraction of sp³-hybridized carbons (Fsp3) is 0.786. The maximum Gasteiger partial charge on any atom is 0.503 e. The monoisotopic (exact) mass is 316 g/mol. The van der Waals surface area contributed by atoms with Crippen molar-refractivity contribution in [2.24, 2.45) is 22.4 Å². The molecule has 1 saturated carbocycles. The van der Waals surface area contributed by atoms with Gasteiger partial charge in [0.05, 0.1) is 6.04 Å². The van der Waals surface area contributed by atoms with Crippen molar-refractivity contribution in [3.05, 3.63) is 0 Å². The molecule has 0 radical (unpaired) electrons. The van der Waals surface area contributed by atoms with E-state index in [1.807, 2.05) is 0 Å². The fourth-order valence-electron chi connectivity index (χ4n) is 2.80. The van der Waals surface area contributed by atoms with Crippen LogP contribution in [0.25, 0.3) is 0 Å². The van der Waals surface area contributed by atoms with Crippen molar-refractivity contribution in [2.75, 3.05) is 0 Å². The number of carbonyl (C=O) groups excluding carboxylic acids is 1. The summed E-state index contributed by atoms with van der Waals surface area (Å²) in [6, 6.07) is 0.513. The smallest absolute Gasteiger partial charge is 0.450 e. The largest absolute Gasteiger partial charge is 0.503 e. The molecule has 8 nitrogen and oxygen atoms in total. The Morgan fingerprint density at radius 1 is 1.32 bits per heavy atom. The van der Waals surface area contributed by atoms with Crippen molar-refractivity contribution < 1.29 is 19.8 Å². The molecule has 1 rings (SSSR count). The second-order valence-electron chi connectivity index (χ2n) is 5.51. The molecule has 0 spiro atoms. The first kappa shape index (κ1) is 20.0. The van der Waals surface area contributed by atoms with Crippen LogP contribution in [0, 0.1) is 5.92 Å². The molecule has 3 atom stereocenters. The predicted molar refractivity (Wildman–Crippen MR) is 84.7 cm³/mol. The molecule has 8 heteroatoms. The summed E-state index contributed by atoms with van der Waals surface area (Å²) in [6.45, 7) is 3.75. The topological polar surface area (TPSA) is 151 Å². The van der Waals surface area contributed by atoms with Gasteiger partial charge in [-0.2, -0.15) is 0 Å². The van der Waals surface area contributed by atoms with Crippen molar-refractivity contribution >= 4 is 18.0 Å². The molecule has 128 valence electrons. The zero-order valence-corrected chi connectivity index (χ0v) is 13.3. The van der Waals surface area contributed by atoms with E-state index < -0.39 is 6.16 Å². The molecule has 0 aliphatic heterocycles. The van der Waals surface area contributed by atoms with E-state index in [2.05, 4.69) is 17.2 Å². The molecule has 1 amide bonds. The Bertz CT molecular complexity index is 379. The van der Waals surface area contributed by atoms with E-state index in [1.54, 1.807) is 6.92 Å². The van der Waals surface area contributed by atoms with Crippen LogP contribution >= 0.6 is 0 Å². The molecule has 0 saturated heterocycles. The number of carbonyl (C=O) groups is 2. The van der Waals surface area contributed by atoms with Crippen LogP contribution in [0.1, 0.15) is 52.4 Å². The maximum absolute atomic E-state index is 11.3. The number of guanidine groups is 1. The van der Waals surface area contributed by atoms with Gasteiger partial charge in [0.15, 0.2) is 5.96 Å². The van der Waals surface area contributed by atoms with E-state index in [0.717, 1.165) is 38.5 Å². The Kier molecular flexibility index (Phi) is 9.73. The SMILES string of the molecule is CCCCC(NC(C)=O)C1CC[C@@H](N=C(N)N)C1.O=C(O)O. The van der Waals surface area contributed by atoms with E-state index in [1.165, 1.54) is 0 Å². The first-order valence-electron chi connectivity index (χ1n) is 7.53. The van der Waals surface area contributed by atoms with Gasteiger partial charge in [0.2, 0.25) is 5.91 Å². The molecule has 7 N–H and O–H groups in total. The minimum atomic E-state index is -1.83. The van der Waals surface area contributed by atoms with Gasteiger partial charge in [0.25, 0.3) is 0 Å². The van der Waals surface area contributed by atoms with E-state index in [-0.39, 0.29) is 24.0 Å². The number of amides is 1. The lowest BCUT2D eigenvalue weighted by molar-refractivity contribution is -0.120. The van der Waals surface area contributed by atoms with Crippen LogP contribution in [0.2, 0.25) is 0 Å². The number of hydrogen-bond donors (Lipinski definition) is 5. The van der Waals surface area contributed by atoms with Crippen LogP contribution < -0.4 is 16.8 Å². The number of nitrogens with zero attached hydrogens (tertiary/aromatic N) is 1. The molecule has 0 aromatic rings. The lowest BCUT2D eigenvalue weighted by Gasteiger charge is -2.24. The molecule has 0 aromatic heterocycles. The van der Waals surface area contributed by atoms with Gasteiger partial charge >= 0.3 is 6.16 Å². The highest BCUT2D eigenvalue weighted by molar-refractivity contribution is 5.76. The van der Waals surface area contributed by atoms with Gasteiger partial charge in [0, 0.05) is 13.0 Å². The highest BCUT2D eigenvalue weighted by Crippen LogP contribution is 2.32. The highest BCUT2D eigenvalue weighted by atomic mass is 16.6. The summed E-state index contributed by atoms with van der Waals surface area (Å²) in [4.78, 5) is 24.0. The lowest BCUT2D eigenvalue weighted by atomic mass is 9.93. The van der Waals surface area contributed by atoms with Gasteiger partial charge in [0.1, 0.15) is 0 Å². The Labute approximate surface area is 131 Å². The molecule has 22 heavy (non-hydrogen) atoms. The van der Waals surface area contributed by atoms with Crippen LogP contribution in [-0.2, 0) is 4.79 Å². The minimum Gasteiger partial charge on any atom is -0.450 e. The van der Waals surface area contributed by atoms with Crippen molar-refractivity contribution in [1.82, 2.24) is 5.32 Å². The highest BCUT2D eigenvalue weighted by Gasteiger charge is 2.30. The number of nitrogens with two attached hydrogens (primary N) is 2. The average molecular weight is 316 g/mol. The van der Waals surface area contributed by atoms with Crippen LogP contribution in [0.5, 0.6) is 0 Å². The molecule has 1 aliphatic rings. The zero-order valence-electron chi connectivity index (χ0n) is 13.3. The summed E-state index contributed by atoms with van der Waals surface area (Å²) in [6.07, 6.45) is 4.61. The number of unbranched alkanes of at least 4 members (excludes halogenated alkanes) is 1. The second-order valence-corrected chi connectivity index (χ2v) is 5.51. The molecular formula is C14H28N4O4. The van der Waals surface area contributed by atoms with Gasteiger partial charge in [-0.1, -0.05) is 19.8 Å². The molecule has 2 unspecified atom stereocenters. The second kappa shape index (κ2) is 10.7. The molecule has 0 heterocycles. The van der Waals surface area contributed by atoms with Crippen molar-refractivity contribution in [1.29, 1.82) is 0 Å². The van der Waals surface area contributed by atoms with Gasteiger partial charge in [-0.3, -0.25) is 9.79 Å². The maximum atomic E-state index is 11.3. The number of aliphatic imine (C=N–C) groups is 1. The summed E-state index contributed by atoms with van der Waals surface area (Å²) in [7, 11) is 0. The summed E-state index contributed by atoms with van der Waals surface area (Å²) >= 11 is 0. The Morgan fingerprint density at radius 2 is 1.91 bits per heavy atom. The third-order valence-corrected chi connectivity index (χ3v) is 3.60. The van der Waals surface area contributed by atoms with Crippen LogP contribution in [0.3, 0.4) is 0 Å². The van der Waals surface area contributed by atoms with E-state index in [0.29, 0.717) is 5.92 Å². The first-order chi connectivity index (χ1) is 10.3. The zero-order chi connectivity index (χ0) is 17.1. The Balaban J connectivity index is 0.000000980. The Hall–Kier alpha value is -1.99. The van der Waals surface area contributed by atoms with Crippen LogP contribution in [-0.4, -0.2) is 40.3 Å². The molecular weight excluding hydrogens is 288 g/mol. The van der Waals surface area contributed by atoms with Gasteiger partial charge < -0.3 is 27.0 Å². The van der Waals surface area contributed by atoms with E-state index in [9.17, 15) is 4.79 Å². The summed E-state index contributed by atoms with van der Waals surface area (Å²) in [5.41, 5.74) is 10.8.